The van der Waals surface area contributed by atoms with E-state index in [1.165, 1.54) is 12.1 Å². The van der Waals surface area contributed by atoms with Gasteiger partial charge in [-0.3, -0.25) is 10.3 Å². The minimum atomic E-state index is -1.03. The zero-order valence-corrected chi connectivity index (χ0v) is 35.8. The standard InChI is InChI=1S/C23H18FN9.C14H12FN5.C9H6N4.ClH/c24-17-11-5-4-7-14(17)13-33-23-16(10-6-12-27-23)18(32-33)22-28-20(25)19(21(26)29-22)31-30-15-8-2-1-3-9-15;15-11-6-2-1-4-9(11)8-20-14-10(5-3-7-18-14)12(19-20)13(16)17;1-11-9(7-10)13-12-8-5-3-2-4-6-8;/h1-12H,13H2,(H4,25,26,28,29);1-7H,8H2,(H3,16,17);2-6,9H;1H. The number of nitrogen functional groups attached to an aromatic ring is 3. The van der Waals surface area contributed by atoms with Gasteiger partial charge in [-0.05, 0) is 60.7 Å². The number of benzene rings is 4. The van der Waals surface area contributed by atoms with Crippen LogP contribution in [0.15, 0.2) is 166 Å². The van der Waals surface area contributed by atoms with E-state index >= 15 is 0 Å². The van der Waals surface area contributed by atoms with E-state index in [1.54, 1.807) is 107 Å². The van der Waals surface area contributed by atoms with Crippen LogP contribution in [0.2, 0.25) is 0 Å². The molecule has 67 heavy (non-hydrogen) atoms. The largest absolute Gasteiger partial charge is 0.418 e. The highest BCUT2D eigenvalue weighted by Crippen LogP contribution is 2.33. The van der Waals surface area contributed by atoms with E-state index in [1.807, 2.05) is 42.5 Å². The summed E-state index contributed by atoms with van der Waals surface area (Å²) in [6, 6.07) is 40.0. The number of nitriles is 1. The van der Waals surface area contributed by atoms with E-state index in [4.69, 9.17) is 34.4 Å². The number of halogens is 3. The maximum absolute atomic E-state index is 14.2. The Morgan fingerprint density at radius 1 is 0.687 bits per heavy atom. The van der Waals surface area contributed by atoms with Crippen molar-refractivity contribution in [3.8, 4) is 17.6 Å². The summed E-state index contributed by atoms with van der Waals surface area (Å²) in [6.45, 7) is 7.01. The number of hydrogen-bond donors (Lipinski definition) is 4. The molecule has 5 aromatic heterocycles. The summed E-state index contributed by atoms with van der Waals surface area (Å²) in [5.74, 6) is -0.395. The third-order valence-electron chi connectivity index (χ3n) is 9.27. The Morgan fingerprint density at radius 2 is 1.18 bits per heavy atom. The zero-order chi connectivity index (χ0) is 46.4. The Hall–Kier alpha value is -9.40. The number of azo groups is 2. The quantitative estimate of drug-likeness (QED) is 0.0436. The van der Waals surface area contributed by atoms with Crippen LogP contribution in [0.4, 0.5) is 37.5 Å². The highest BCUT2D eigenvalue weighted by Gasteiger charge is 2.20. The molecule has 0 radical (unpaired) electrons. The molecule has 1 atom stereocenters. The van der Waals surface area contributed by atoms with E-state index in [-0.39, 0.29) is 66.1 Å². The van der Waals surface area contributed by atoms with Crippen LogP contribution in [0, 0.1) is 34.9 Å². The van der Waals surface area contributed by atoms with Gasteiger partial charge in [0, 0.05) is 23.5 Å². The second-order valence-corrected chi connectivity index (χ2v) is 13.7. The van der Waals surface area contributed by atoms with Crippen molar-refractivity contribution >= 4 is 69.0 Å². The van der Waals surface area contributed by atoms with Gasteiger partial charge in [0.2, 0.25) is 0 Å². The molecular weight excluding hydrogens is 878 g/mol. The first-order chi connectivity index (χ1) is 32.1. The second kappa shape index (κ2) is 22.3. The van der Waals surface area contributed by atoms with Crippen molar-refractivity contribution in [2.24, 2.45) is 26.2 Å². The number of nitrogens with one attached hydrogen (secondary N) is 1. The van der Waals surface area contributed by atoms with Gasteiger partial charge in [0.1, 0.15) is 28.9 Å². The average molecular weight is 915 g/mol. The second-order valence-electron chi connectivity index (χ2n) is 13.7. The zero-order valence-electron chi connectivity index (χ0n) is 35.0. The molecule has 7 N–H and O–H groups in total. The van der Waals surface area contributed by atoms with Gasteiger partial charge in [0.05, 0.1) is 35.2 Å². The van der Waals surface area contributed by atoms with Gasteiger partial charge in [-0.1, -0.05) is 77.9 Å². The van der Waals surface area contributed by atoms with Crippen LogP contribution in [-0.2, 0) is 13.1 Å². The first kappa shape index (κ1) is 47.1. The molecule has 0 fully saturated rings. The van der Waals surface area contributed by atoms with Crippen molar-refractivity contribution in [3.63, 3.8) is 0 Å². The molecule has 0 spiro atoms. The summed E-state index contributed by atoms with van der Waals surface area (Å²) < 4.78 is 31.1. The summed E-state index contributed by atoms with van der Waals surface area (Å²) in [4.78, 5) is 20.3. The number of nitrogens with two attached hydrogens (primary N) is 3. The summed E-state index contributed by atoms with van der Waals surface area (Å²) in [5, 5.41) is 41.7. The van der Waals surface area contributed by atoms with Gasteiger partial charge in [-0.25, -0.2) is 44.7 Å². The van der Waals surface area contributed by atoms with Crippen LogP contribution >= 0.6 is 12.4 Å². The fraction of sp³-hybridized carbons (Fsp3) is 0.0652. The lowest BCUT2D eigenvalue weighted by molar-refractivity contribution is 0.589. The number of amidine groups is 1. The fourth-order valence-electron chi connectivity index (χ4n) is 6.18. The van der Waals surface area contributed by atoms with E-state index in [0.717, 1.165) is 0 Å². The predicted molar refractivity (Wildman–Crippen MR) is 252 cm³/mol. The predicted octanol–water partition coefficient (Wildman–Crippen LogP) is 9.52. The summed E-state index contributed by atoms with van der Waals surface area (Å²) in [5.41, 5.74) is 22.2. The van der Waals surface area contributed by atoms with Crippen LogP contribution < -0.4 is 17.2 Å². The normalized spacial score (nSPS) is 11.2. The number of aromatic nitrogens is 8. The monoisotopic (exact) mass is 914 g/mol. The van der Waals surface area contributed by atoms with Gasteiger partial charge in [-0.15, -0.1) is 22.6 Å². The van der Waals surface area contributed by atoms with Gasteiger partial charge < -0.3 is 17.2 Å². The number of hydrogen-bond acceptors (Lipinski definition) is 14. The minimum absolute atomic E-state index is 0. The van der Waals surface area contributed by atoms with E-state index in [9.17, 15) is 8.78 Å². The lowest BCUT2D eigenvalue weighted by atomic mass is 10.2. The SMILES string of the molecule is Cl.N=C(N)c1nn(Cc2ccccc2F)c2ncccc12.Nc1nc(-c2nn(Cc3ccccc3F)c3ncccc23)nc(N)c1N=Nc1ccccc1.[C-]#[N+]C(C#N)N=Nc1ccccc1. The molecule has 0 aliphatic heterocycles. The molecule has 0 bridgehead atoms. The van der Waals surface area contributed by atoms with Gasteiger partial charge in [0.15, 0.2) is 40.5 Å². The molecule has 0 aliphatic rings. The Morgan fingerprint density at radius 3 is 1.70 bits per heavy atom. The van der Waals surface area contributed by atoms with Gasteiger partial charge >= 0.3 is 6.17 Å². The highest BCUT2D eigenvalue weighted by atomic mass is 35.5. The lowest BCUT2D eigenvalue weighted by Crippen LogP contribution is -2.13. The summed E-state index contributed by atoms with van der Waals surface area (Å²) in [6.07, 6.45) is 2.24. The Bertz CT molecular complexity index is 3250. The average Bonchev–Trinajstić information content (AvgIpc) is 3.90. The van der Waals surface area contributed by atoms with Crippen molar-refractivity contribution in [1.82, 2.24) is 39.5 Å². The Kier molecular flexibility index (Phi) is 15.7. The number of anilines is 2. The van der Waals surface area contributed by atoms with Crippen molar-refractivity contribution in [1.29, 1.82) is 10.7 Å². The lowest BCUT2D eigenvalue weighted by Gasteiger charge is -2.05. The molecule has 0 amide bonds. The highest BCUT2D eigenvalue weighted by molar-refractivity contribution is 6.04. The molecular formula is C46H37ClF2N18. The van der Waals surface area contributed by atoms with Crippen LogP contribution in [0.5, 0.6) is 0 Å². The topological polar surface area (TPSA) is 267 Å². The molecule has 9 rings (SSSR count). The Labute approximate surface area is 387 Å². The molecule has 5 heterocycles. The molecule has 21 heteroatoms. The molecule has 0 saturated heterocycles. The van der Waals surface area contributed by atoms with Crippen LogP contribution in [0.25, 0.3) is 38.4 Å². The minimum Gasteiger partial charge on any atom is -0.382 e. The third kappa shape index (κ3) is 11.6. The first-order valence-corrected chi connectivity index (χ1v) is 19.7. The van der Waals surface area contributed by atoms with Crippen LogP contribution in [-0.4, -0.2) is 51.5 Å². The van der Waals surface area contributed by atoms with Crippen molar-refractivity contribution in [2.75, 3.05) is 11.5 Å². The van der Waals surface area contributed by atoms with Gasteiger partial charge in [-0.2, -0.15) is 20.6 Å². The third-order valence-corrected chi connectivity index (χ3v) is 9.27. The van der Waals surface area contributed by atoms with Crippen LogP contribution in [0.1, 0.15) is 16.8 Å². The number of pyridine rings is 2. The van der Waals surface area contributed by atoms with E-state index in [2.05, 4.69) is 55.4 Å². The maximum atomic E-state index is 14.2. The van der Waals surface area contributed by atoms with Crippen molar-refractivity contribution in [2.45, 2.75) is 19.3 Å². The van der Waals surface area contributed by atoms with Crippen molar-refractivity contribution < 1.29 is 8.78 Å². The summed E-state index contributed by atoms with van der Waals surface area (Å²) in [7, 11) is 0. The van der Waals surface area contributed by atoms with E-state index < -0.39 is 6.17 Å². The Balaban J connectivity index is 0.000000185. The first-order valence-electron chi connectivity index (χ1n) is 19.7. The maximum Gasteiger partial charge on any atom is 0.418 e. The van der Waals surface area contributed by atoms with Crippen molar-refractivity contribution in [3.05, 3.63) is 186 Å². The molecule has 332 valence electrons. The van der Waals surface area contributed by atoms with Crippen LogP contribution in [0.3, 0.4) is 0 Å². The van der Waals surface area contributed by atoms with E-state index in [0.29, 0.717) is 56.0 Å². The molecule has 1 unspecified atom stereocenters. The smallest absolute Gasteiger partial charge is 0.382 e. The molecule has 0 saturated carbocycles. The fourth-order valence-corrected chi connectivity index (χ4v) is 6.18. The number of fused-ring (bicyclic) bond motifs is 2. The molecule has 0 aliphatic carbocycles. The number of nitrogens with zero attached hydrogens (tertiary/aromatic N) is 14. The summed E-state index contributed by atoms with van der Waals surface area (Å²) >= 11 is 0. The molecule has 18 nitrogen and oxygen atoms in total. The number of rotatable bonds is 10. The molecule has 4 aromatic carbocycles. The van der Waals surface area contributed by atoms with Gasteiger partial charge in [0.25, 0.3) is 0 Å². The molecule has 9 aromatic rings.